The number of nitrogens with one attached hydrogen (secondary N) is 1. The van der Waals surface area contributed by atoms with Crippen LogP contribution in [0.15, 0.2) is 22.7 Å². The predicted molar refractivity (Wildman–Crippen MR) is 78.8 cm³/mol. The number of likely N-dealkylation sites (N-methyl/N-ethyl adjacent to an activating group) is 1. The number of hydrogen-bond acceptors (Lipinski definition) is 2. The molecule has 0 saturated carbocycles. The first kappa shape index (κ1) is 14.9. The lowest BCUT2D eigenvalue weighted by molar-refractivity contribution is 0.0539. The van der Waals surface area contributed by atoms with Gasteiger partial charge in [0.2, 0.25) is 0 Å². The lowest BCUT2D eigenvalue weighted by atomic mass is 9.87. The predicted octanol–water partition coefficient (Wildman–Crippen LogP) is 3.54. The number of hydrogen-bond donors (Lipinski definition) is 1. The molecule has 1 aliphatic heterocycles. The number of rotatable bonds is 5. The van der Waals surface area contributed by atoms with E-state index in [2.05, 4.69) is 28.2 Å². The summed E-state index contributed by atoms with van der Waals surface area (Å²) in [6.45, 7) is 4.81. The van der Waals surface area contributed by atoms with Crippen molar-refractivity contribution in [3.63, 3.8) is 0 Å². The normalized spacial score (nSPS) is 18.5. The lowest BCUT2D eigenvalue weighted by Crippen LogP contribution is -2.40. The van der Waals surface area contributed by atoms with Crippen molar-refractivity contribution in [1.29, 1.82) is 0 Å². The Hall–Kier alpha value is -0.450. The lowest BCUT2D eigenvalue weighted by Gasteiger charge is -2.31. The van der Waals surface area contributed by atoms with E-state index in [1.165, 1.54) is 11.6 Å². The topological polar surface area (TPSA) is 21.3 Å². The van der Waals surface area contributed by atoms with Crippen molar-refractivity contribution in [3.8, 4) is 0 Å². The Morgan fingerprint density at radius 2 is 2.16 bits per heavy atom. The van der Waals surface area contributed by atoms with Gasteiger partial charge in [-0.05, 0) is 49.4 Å². The van der Waals surface area contributed by atoms with Crippen molar-refractivity contribution < 1.29 is 9.13 Å². The maximum absolute atomic E-state index is 13.1. The first-order valence-corrected chi connectivity index (χ1v) is 7.75. The van der Waals surface area contributed by atoms with Crippen molar-refractivity contribution in [2.24, 2.45) is 5.92 Å². The summed E-state index contributed by atoms with van der Waals surface area (Å²) in [4.78, 5) is 0. The van der Waals surface area contributed by atoms with E-state index in [1.54, 1.807) is 6.07 Å². The second kappa shape index (κ2) is 7.36. The summed E-state index contributed by atoms with van der Waals surface area (Å²) in [7, 11) is 0. The molecule has 19 heavy (non-hydrogen) atoms. The monoisotopic (exact) mass is 329 g/mol. The molecule has 1 saturated heterocycles. The molecule has 1 aromatic rings. The minimum absolute atomic E-state index is 0.193. The van der Waals surface area contributed by atoms with Gasteiger partial charge < -0.3 is 10.1 Å². The van der Waals surface area contributed by atoms with Gasteiger partial charge in [-0.25, -0.2) is 4.39 Å². The summed E-state index contributed by atoms with van der Waals surface area (Å²) >= 11 is 3.46. The van der Waals surface area contributed by atoms with Gasteiger partial charge in [-0.2, -0.15) is 0 Å². The van der Waals surface area contributed by atoms with E-state index in [0.717, 1.165) is 43.5 Å². The zero-order valence-electron chi connectivity index (χ0n) is 11.3. The summed E-state index contributed by atoms with van der Waals surface area (Å²) in [5.74, 6) is 0.451. The summed E-state index contributed by atoms with van der Waals surface area (Å²) < 4.78 is 19.4. The van der Waals surface area contributed by atoms with Gasteiger partial charge in [-0.15, -0.1) is 0 Å². The van der Waals surface area contributed by atoms with Crippen molar-refractivity contribution in [2.75, 3.05) is 19.8 Å². The Bertz CT molecular complexity index is 407. The van der Waals surface area contributed by atoms with Crippen LogP contribution in [0.4, 0.5) is 4.39 Å². The zero-order chi connectivity index (χ0) is 13.7. The minimum atomic E-state index is -0.193. The molecule has 1 unspecified atom stereocenters. The second-order valence-electron chi connectivity index (χ2n) is 5.05. The first-order valence-electron chi connectivity index (χ1n) is 6.95. The molecule has 4 heteroatoms. The molecule has 1 aliphatic rings. The molecule has 0 radical (unpaired) electrons. The minimum Gasteiger partial charge on any atom is -0.381 e. The molecular formula is C15H21BrFNO. The third-order valence-corrected chi connectivity index (χ3v) is 4.49. The van der Waals surface area contributed by atoms with E-state index in [9.17, 15) is 4.39 Å². The molecule has 1 heterocycles. The molecule has 1 N–H and O–H groups in total. The van der Waals surface area contributed by atoms with Crippen molar-refractivity contribution >= 4 is 15.9 Å². The summed E-state index contributed by atoms with van der Waals surface area (Å²) in [6, 6.07) is 5.40. The highest BCUT2D eigenvalue weighted by Gasteiger charge is 2.24. The maximum atomic E-state index is 13.1. The Kier molecular flexibility index (Phi) is 5.79. The molecule has 1 fully saturated rings. The zero-order valence-corrected chi connectivity index (χ0v) is 12.9. The number of halogens is 2. The highest BCUT2D eigenvalue weighted by molar-refractivity contribution is 9.10. The van der Waals surface area contributed by atoms with E-state index in [-0.39, 0.29) is 5.82 Å². The molecule has 2 nitrogen and oxygen atoms in total. The Morgan fingerprint density at radius 1 is 1.42 bits per heavy atom. The summed E-state index contributed by atoms with van der Waals surface area (Å²) in [5, 5.41) is 3.57. The first-order chi connectivity index (χ1) is 9.20. The quantitative estimate of drug-likeness (QED) is 0.892. The molecule has 0 aliphatic carbocycles. The van der Waals surface area contributed by atoms with Crippen LogP contribution >= 0.6 is 15.9 Å². The van der Waals surface area contributed by atoms with Gasteiger partial charge in [0.05, 0.1) is 0 Å². The van der Waals surface area contributed by atoms with E-state index < -0.39 is 0 Å². The van der Waals surface area contributed by atoms with Crippen LogP contribution < -0.4 is 5.32 Å². The van der Waals surface area contributed by atoms with Crippen LogP contribution in [0, 0.1) is 11.7 Å². The standard InChI is InChI=1S/C15H21BrFNO/c1-2-18-15(11-5-7-19-8-6-11)9-12-3-4-13(17)10-14(12)16/h3-4,10-11,15,18H,2,5-9H2,1H3. The maximum Gasteiger partial charge on any atom is 0.124 e. The molecule has 106 valence electrons. The van der Waals surface area contributed by atoms with Crippen molar-refractivity contribution in [3.05, 3.63) is 34.1 Å². The third kappa shape index (κ3) is 4.26. The fraction of sp³-hybridized carbons (Fsp3) is 0.600. The average Bonchev–Trinajstić information content (AvgIpc) is 2.42. The van der Waals surface area contributed by atoms with Gasteiger partial charge >= 0.3 is 0 Å². The molecule has 1 atom stereocenters. The molecule has 1 aromatic carbocycles. The van der Waals surface area contributed by atoms with Crippen molar-refractivity contribution in [2.45, 2.75) is 32.2 Å². The Balaban J connectivity index is 2.06. The Labute approximate surface area is 122 Å². The van der Waals surface area contributed by atoms with Gasteiger partial charge in [0, 0.05) is 23.7 Å². The fourth-order valence-corrected chi connectivity index (χ4v) is 3.22. The van der Waals surface area contributed by atoms with Crippen LogP contribution in [0.5, 0.6) is 0 Å². The fourth-order valence-electron chi connectivity index (χ4n) is 2.71. The molecule has 0 aromatic heterocycles. The van der Waals surface area contributed by atoms with Gasteiger partial charge in [0.15, 0.2) is 0 Å². The Morgan fingerprint density at radius 3 is 2.79 bits per heavy atom. The summed E-state index contributed by atoms with van der Waals surface area (Å²) in [6.07, 6.45) is 3.15. The van der Waals surface area contributed by atoms with Crippen LogP contribution in [0.2, 0.25) is 0 Å². The smallest absolute Gasteiger partial charge is 0.124 e. The van der Waals surface area contributed by atoms with Crippen LogP contribution in [0.25, 0.3) is 0 Å². The molecule has 0 bridgehead atoms. The number of ether oxygens (including phenoxy) is 1. The van der Waals surface area contributed by atoms with Gasteiger partial charge in [0.1, 0.15) is 5.82 Å². The van der Waals surface area contributed by atoms with E-state index in [0.29, 0.717) is 12.0 Å². The van der Waals surface area contributed by atoms with Crippen molar-refractivity contribution in [1.82, 2.24) is 5.32 Å². The SMILES string of the molecule is CCNC(Cc1ccc(F)cc1Br)C1CCOCC1. The van der Waals surface area contributed by atoms with Crippen LogP contribution in [-0.2, 0) is 11.2 Å². The van der Waals surface area contributed by atoms with Crippen LogP contribution in [0.1, 0.15) is 25.3 Å². The molecule has 0 amide bonds. The average molecular weight is 330 g/mol. The van der Waals surface area contributed by atoms with Crippen LogP contribution in [0.3, 0.4) is 0 Å². The summed E-state index contributed by atoms with van der Waals surface area (Å²) in [5.41, 5.74) is 1.17. The third-order valence-electron chi connectivity index (χ3n) is 3.76. The number of benzene rings is 1. The van der Waals surface area contributed by atoms with E-state index >= 15 is 0 Å². The van der Waals surface area contributed by atoms with Gasteiger partial charge in [-0.3, -0.25) is 0 Å². The van der Waals surface area contributed by atoms with E-state index in [4.69, 9.17) is 4.74 Å². The molecule has 0 spiro atoms. The van der Waals surface area contributed by atoms with Crippen LogP contribution in [-0.4, -0.2) is 25.8 Å². The highest BCUT2D eigenvalue weighted by atomic mass is 79.9. The van der Waals surface area contributed by atoms with Gasteiger partial charge in [0.25, 0.3) is 0 Å². The molecular weight excluding hydrogens is 309 g/mol. The van der Waals surface area contributed by atoms with E-state index in [1.807, 2.05) is 6.07 Å². The highest BCUT2D eigenvalue weighted by Crippen LogP contribution is 2.25. The molecule has 2 rings (SSSR count). The largest absolute Gasteiger partial charge is 0.381 e. The second-order valence-corrected chi connectivity index (χ2v) is 5.91. The van der Waals surface area contributed by atoms with Gasteiger partial charge in [-0.1, -0.05) is 28.9 Å².